The largest absolute Gasteiger partial charge is 0.478 e. The first-order chi connectivity index (χ1) is 20.5. The number of hydrogen-bond acceptors (Lipinski definition) is 5. The number of nitrogen functional groups attached to an aromatic ring is 1. The average molecular weight is 553 g/mol. The molecular formula is C35H24N2O5. The Morgan fingerprint density at radius 1 is 0.786 bits per heavy atom. The van der Waals surface area contributed by atoms with Gasteiger partial charge in [0.05, 0.1) is 10.9 Å². The van der Waals surface area contributed by atoms with Crippen molar-refractivity contribution >= 4 is 28.7 Å². The van der Waals surface area contributed by atoms with Crippen LogP contribution >= 0.6 is 0 Å². The predicted octanol–water partition coefficient (Wildman–Crippen LogP) is 7.33. The molecule has 0 atom stereocenters. The van der Waals surface area contributed by atoms with Gasteiger partial charge in [-0.15, -0.1) is 0 Å². The maximum absolute atomic E-state index is 12.9. The van der Waals surface area contributed by atoms with Gasteiger partial charge in [0.25, 0.3) is 0 Å². The third kappa shape index (κ3) is 4.28. The first-order valence-electron chi connectivity index (χ1n) is 13.5. The van der Waals surface area contributed by atoms with E-state index in [1.54, 1.807) is 54.6 Å². The summed E-state index contributed by atoms with van der Waals surface area (Å²) in [6, 6.07) is 33.5. The van der Waals surface area contributed by atoms with Gasteiger partial charge in [-0.25, -0.2) is 9.59 Å². The van der Waals surface area contributed by atoms with Crippen LogP contribution in [0.5, 0.6) is 0 Å². The zero-order valence-corrected chi connectivity index (χ0v) is 22.3. The van der Waals surface area contributed by atoms with Gasteiger partial charge in [-0.1, -0.05) is 66.7 Å². The first-order valence-corrected chi connectivity index (χ1v) is 13.5. The molecule has 7 rings (SSSR count). The molecule has 2 aliphatic carbocycles. The monoisotopic (exact) mass is 552 g/mol. The standard InChI is InChI=1S/C35H24N2O5/c36-20-13-15-28-31(17-20)42-32-18-21(14-16-29(32)33(28)26-11-5-6-12-27(26)34(38)39)37-35(40)41-19-30-24-9-3-1-7-22(24)23-8-2-4-10-25(23)30/h1-18,30H,19,36H2,(H,38,39). The second-order valence-corrected chi connectivity index (χ2v) is 10.2. The number of rotatable bonds is 4. The van der Waals surface area contributed by atoms with Crippen LogP contribution in [0.3, 0.4) is 0 Å². The molecular weight excluding hydrogens is 528 g/mol. The van der Waals surface area contributed by atoms with Crippen molar-refractivity contribution in [2.75, 3.05) is 12.3 Å². The highest BCUT2D eigenvalue weighted by atomic mass is 16.5. The Kier molecular flexibility index (Phi) is 6.05. The summed E-state index contributed by atoms with van der Waals surface area (Å²) in [5.74, 6) is -0.683. The summed E-state index contributed by atoms with van der Waals surface area (Å²) in [5.41, 5.74) is 13.6. The zero-order valence-electron chi connectivity index (χ0n) is 22.3. The quantitative estimate of drug-likeness (QED) is 0.175. The minimum absolute atomic E-state index is 0.0724. The molecule has 3 aliphatic rings. The highest BCUT2D eigenvalue weighted by Gasteiger charge is 2.29. The van der Waals surface area contributed by atoms with Crippen LogP contribution in [0.25, 0.3) is 44.5 Å². The Bertz CT molecular complexity index is 2030. The van der Waals surface area contributed by atoms with Crippen molar-refractivity contribution in [3.05, 3.63) is 131 Å². The molecule has 42 heavy (non-hydrogen) atoms. The minimum Gasteiger partial charge on any atom is -0.478 e. The molecule has 0 radical (unpaired) electrons. The fourth-order valence-corrected chi connectivity index (χ4v) is 5.87. The van der Waals surface area contributed by atoms with Gasteiger partial charge in [0.2, 0.25) is 0 Å². The van der Waals surface area contributed by atoms with E-state index in [1.807, 2.05) is 30.3 Å². The van der Waals surface area contributed by atoms with Gasteiger partial charge >= 0.3 is 12.1 Å². The molecule has 0 saturated heterocycles. The number of ether oxygens (including phenoxy) is 1. The van der Waals surface area contributed by atoms with E-state index in [1.165, 1.54) is 0 Å². The normalized spacial score (nSPS) is 12.8. The summed E-state index contributed by atoms with van der Waals surface area (Å²) in [4.78, 5) is 29.2. The van der Waals surface area contributed by atoms with Crippen LogP contribution in [-0.2, 0) is 4.74 Å². The van der Waals surface area contributed by atoms with Gasteiger partial charge in [0.1, 0.15) is 18.0 Å². The molecule has 1 aliphatic heterocycles. The topological polar surface area (TPSA) is 115 Å². The van der Waals surface area contributed by atoms with Crippen molar-refractivity contribution < 1.29 is 23.8 Å². The summed E-state index contributed by atoms with van der Waals surface area (Å²) in [7, 11) is 0. The average Bonchev–Trinajstić information content (AvgIpc) is 3.32. The fraction of sp³-hybridized carbons (Fsp3) is 0.0571. The molecule has 1 heterocycles. The number of nitrogens with two attached hydrogens (primary N) is 1. The fourth-order valence-electron chi connectivity index (χ4n) is 5.87. The Morgan fingerprint density at radius 2 is 1.45 bits per heavy atom. The zero-order chi connectivity index (χ0) is 28.8. The lowest BCUT2D eigenvalue weighted by molar-refractivity contribution is 0.0697. The van der Waals surface area contributed by atoms with Gasteiger partial charge in [-0.05, 0) is 58.1 Å². The maximum atomic E-state index is 12.9. The Labute approximate surface area is 240 Å². The van der Waals surface area contributed by atoms with Crippen LogP contribution in [0.1, 0.15) is 27.4 Å². The summed E-state index contributed by atoms with van der Waals surface area (Å²) in [5, 5.41) is 11.0. The van der Waals surface area contributed by atoms with E-state index in [4.69, 9.17) is 14.9 Å². The van der Waals surface area contributed by atoms with Gasteiger partial charge < -0.3 is 20.0 Å². The summed E-state index contributed by atoms with van der Waals surface area (Å²) < 4.78 is 11.9. The van der Waals surface area contributed by atoms with Crippen molar-refractivity contribution in [2.24, 2.45) is 4.99 Å². The van der Waals surface area contributed by atoms with Crippen molar-refractivity contribution in [3.63, 3.8) is 0 Å². The maximum Gasteiger partial charge on any atom is 0.434 e. The Hall–Kier alpha value is -5.69. The smallest absolute Gasteiger partial charge is 0.434 e. The molecule has 1 amide bonds. The van der Waals surface area contributed by atoms with Gasteiger partial charge in [-0.2, -0.15) is 4.99 Å². The molecule has 0 unspecified atom stereocenters. The van der Waals surface area contributed by atoms with Crippen LogP contribution in [0.2, 0.25) is 0 Å². The summed E-state index contributed by atoms with van der Waals surface area (Å²) in [6.45, 7) is 0.161. The molecule has 3 N–H and O–H groups in total. The van der Waals surface area contributed by atoms with E-state index in [9.17, 15) is 14.7 Å². The van der Waals surface area contributed by atoms with Gasteiger partial charge in [0.15, 0.2) is 0 Å². The SMILES string of the molecule is Nc1ccc2c(-c3ccccc3C(=O)O)c3ccc(=NC(=O)OCC4c5ccccc5-c5ccccc54)cc-3oc2c1. The molecule has 0 saturated carbocycles. The highest BCUT2D eigenvalue weighted by molar-refractivity contribution is 6.07. The number of hydrogen-bond donors (Lipinski definition) is 2. The lowest BCUT2D eigenvalue weighted by Gasteiger charge is -2.17. The number of amides is 1. The number of fused-ring (bicyclic) bond motifs is 5. The van der Waals surface area contributed by atoms with Crippen molar-refractivity contribution in [1.82, 2.24) is 0 Å². The van der Waals surface area contributed by atoms with Crippen molar-refractivity contribution in [1.29, 1.82) is 0 Å². The highest BCUT2D eigenvalue weighted by Crippen LogP contribution is 2.45. The van der Waals surface area contributed by atoms with Crippen molar-refractivity contribution in [3.8, 4) is 33.6 Å². The van der Waals surface area contributed by atoms with E-state index in [0.29, 0.717) is 44.5 Å². The lowest BCUT2D eigenvalue weighted by Crippen LogP contribution is -2.13. The number of carbonyl (C=O) groups excluding carboxylic acids is 1. The second kappa shape index (κ2) is 10.1. The number of benzene rings is 5. The van der Waals surface area contributed by atoms with Gasteiger partial charge in [0, 0.05) is 40.3 Å². The van der Waals surface area contributed by atoms with Gasteiger partial charge in [-0.3, -0.25) is 0 Å². The van der Waals surface area contributed by atoms with E-state index in [2.05, 4.69) is 29.3 Å². The molecule has 0 fully saturated rings. The van der Waals surface area contributed by atoms with Crippen LogP contribution in [0, 0.1) is 0 Å². The number of carbonyl (C=O) groups is 2. The van der Waals surface area contributed by atoms with Crippen LogP contribution < -0.4 is 11.1 Å². The molecule has 0 spiro atoms. The predicted molar refractivity (Wildman–Crippen MR) is 160 cm³/mol. The molecule has 204 valence electrons. The second-order valence-electron chi connectivity index (χ2n) is 10.2. The number of aromatic carboxylic acids is 1. The van der Waals surface area contributed by atoms with E-state index < -0.39 is 12.1 Å². The van der Waals surface area contributed by atoms with E-state index in [-0.39, 0.29) is 18.1 Å². The van der Waals surface area contributed by atoms with Crippen LogP contribution in [0.15, 0.2) is 119 Å². The third-order valence-electron chi connectivity index (χ3n) is 7.71. The number of carboxylic acids is 1. The van der Waals surface area contributed by atoms with E-state index >= 15 is 0 Å². The van der Waals surface area contributed by atoms with Crippen molar-refractivity contribution in [2.45, 2.75) is 5.92 Å². The molecule has 4 aromatic rings. The third-order valence-corrected chi connectivity index (χ3v) is 7.71. The molecule has 7 nitrogen and oxygen atoms in total. The summed E-state index contributed by atoms with van der Waals surface area (Å²) in [6.07, 6.45) is -0.710. The first kappa shape index (κ1) is 25.3. The summed E-state index contributed by atoms with van der Waals surface area (Å²) >= 11 is 0. The molecule has 4 aromatic carbocycles. The Morgan fingerprint density at radius 3 is 2.17 bits per heavy atom. The van der Waals surface area contributed by atoms with Crippen LogP contribution in [-0.4, -0.2) is 23.8 Å². The number of anilines is 1. The number of carboxylic acid groups (broad SMARTS) is 1. The molecule has 0 aromatic heterocycles. The Balaban J connectivity index is 1.26. The lowest BCUT2D eigenvalue weighted by atomic mass is 9.91. The van der Waals surface area contributed by atoms with E-state index in [0.717, 1.165) is 22.3 Å². The molecule has 7 heteroatoms. The number of nitrogens with zero attached hydrogens (tertiary/aromatic N) is 1. The minimum atomic E-state index is -1.04. The molecule has 0 bridgehead atoms. The van der Waals surface area contributed by atoms with Crippen LogP contribution in [0.4, 0.5) is 10.5 Å².